The lowest BCUT2D eigenvalue weighted by Gasteiger charge is -2.31. The molecule has 1 heteroatoms. The van der Waals surface area contributed by atoms with Gasteiger partial charge in [-0.3, -0.25) is 0 Å². The minimum atomic E-state index is 0.448. The van der Waals surface area contributed by atoms with Gasteiger partial charge in [0.25, 0.3) is 0 Å². The van der Waals surface area contributed by atoms with Gasteiger partial charge in [-0.05, 0) is 30.8 Å². The standard InChI is InChI=1S/C18H39N/c1-6-8-9-10-11-12-13-14-15-17(16-19-7-2)18(3,4)5/h17,19H,6-16H2,1-5H3. The highest BCUT2D eigenvalue weighted by molar-refractivity contribution is 4.75. The number of nitrogens with one attached hydrogen (secondary N) is 1. The first-order valence-electron chi connectivity index (χ1n) is 8.73. The van der Waals surface area contributed by atoms with E-state index in [2.05, 4.69) is 39.9 Å². The van der Waals surface area contributed by atoms with Crippen molar-refractivity contribution in [1.82, 2.24) is 5.32 Å². The maximum Gasteiger partial charge on any atom is -0.00156 e. The fourth-order valence-electron chi connectivity index (χ4n) is 2.68. The number of rotatable bonds is 12. The van der Waals surface area contributed by atoms with E-state index in [1.165, 1.54) is 64.3 Å². The predicted molar refractivity (Wildman–Crippen MR) is 88.7 cm³/mol. The van der Waals surface area contributed by atoms with Gasteiger partial charge in [0.1, 0.15) is 0 Å². The lowest BCUT2D eigenvalue weighted by Crippen LogP contribution is -2.31. The smallest absolute Gasteiger partial charge is 0.00156 e. The first-order valence-corrected chi connectivity index (χ1v) is 8.73. The summed E-state index contributed by atoms with van der Waals surface area (Å²) in [7, 11) is 0. The molecule has 0 rings (SSSR count). The molecule has 0 saturated carbocycles. The van der Waals surface area contributed by atoms with Crippen molar-refractivity contribution in [2.24, 2.45) is 11.3 Å². The monoisotopic (exact) mass is 269 g/mol. The summed E-state index contributed by atoms with van der Waals surface area (Å²) in [5, 5.41) is 3.53. The predicted octanol–water partition coefficient (Wildman–Crippen LogP) is 5.79. The minimum Gasteiger partial charge on any atom is -0.317 e. The first kappa shape index (κ1) is 19.0. The molecule has 0 aliphatic heterocycles. The van der Waals surface area contributed by atoms with Crippen LogP contribution in [-0.2, 0) is 0 Å². The Balaban J connectivity index is 3.58. The van der Waals surface area contributed by atoms with E-state index >= 15 is 0 Å². The van der Waals surface area contributed by atoms with Crippen molar-refractivity contribution >= 4 is 0 Å². The van der Waals surface area contributed by atoms with Crippen molar-refractivity contribution < 1.29 is 0 Å². The lowest BCUT2D eigenvalue weighted by molar-refractivity contribution is 0.214. The summed E-state index contributed by atoms with van der Waals surface area (Å²) in [4.78, 5) is 0. The molecule has 0 fully saturated rings. The van der Waals surface area contributed by atoms with Crippen LogP contribution < -0.4 is 5.32 Å². The normalized spacial score (nSPS) is 13.7. The summed E-state index contributed by atoms with van der Waals surface area (Å²) in [6.45, 7) is 14.0. The second-order valence-corrected chi connectivity index (χ2v) is 7.13. The average Bonchev–Trinajstić information content (AvgIpc) is 2.34. The summed E-state index contributed by atoms with van der Waals surface area (Å²) >= 11 is 0. The third kappa shape index (κ3) is 11.5. The van der Waals surface area contributed by atoms with E-state index in [4.69, 9.17) is 0 Å². The molecule has 0 aliphatic rings. The molecular formula is C18H39N. The Kier molecular flexibility index (Phi) is 11.7. The summed E-state index contributed by atoms with van der Waals surface area (Å²) in [5.41, 5.74) is 0.448. The molecule has 0 aromatic heterocycles. The van der Waals surface area contributed by atoms with Crippen molar-refractivity contribution in [3.8, 4) is 0 Å². The van der Waals surface area contributed by atoms with Crippen molar-refractivity contribution in [1.29, 1.82) is 0 Å². The van der Waals surface area contributed by atoms with Crippen molar-refractivity contribution in [2.45, 2.75) is 92.4 Å². The van der Waals surface area contributed by atoms with Crippen molar-refractivity contribution in [2.75, 3.05) is 13.1 Å². The van der Waals surface area contributed by atoms with Gasteiger partial charge in [-0.1, -0.05) is 86.0 Å². The Morgan fingerprint density at radius 1 is 0.789 bits per heavy atom. The SMILES string of the molecule is CCCCCCCCCCC(CNCC)C(C)(C)C. The second-order valence-electron chi connectivity index (χ2n) is 7.13. The summed E-state index contributed by atoms with van der Waals surface area (Å²) < 4.78 is 0. The Morgan fingerprint density at radius 2 is 1.32 bits per heavy atom. The van der Waals surface area contributed by atoms with Crippen LogP contribution in [-0.4, -0.2) is 13.1 Å². The van der Waals surface area contributed by atoms with Gasteiger partial charge < -0.3 is 5.32 Å². The molecule has 0 heterocycles. The quantitative estimate of drug-likeness (QED) is 0.442. The van der Waals surface area contributed by atoms with Crippen LogP contribution in [0.3, 0.4) is 0 Å². The molecule has 0 saturated heterocycles. The molecule has 0 radical (unpaired) electrons. The van der Waals surface area contributed by atoms with Crippen LogP contribution in [0.25, 0.3) is 0 Å². The maximum absolute atomic E-state index is 3.53. The lowest BCUT2D eigenvalue weighted by atomic mass is 9.77. The Morgan fingerprint density at radius 3 is 1.79 bits per heavy atom. The molecular weight excluding hydrogens is 230 g/mol. The zero-order valence-electron chi connectivity index (χ0n) is 14.4. The third-order valence-electron chi connectivity index (χ3n) is 4.27. The molecule has 1 N–H and O–H groups in total. The van der Waals surface area contributed by atoms with Gasteiger partial charge in [-0.25, -0.2) is 0 Å². The summed E-state index contributed by atoms with van der Waals surface area (Å²) in [6.07, 6.45) is 12.8. The fraction of sp³-hybridized carbons (Fsp3) is 1.00. The van der Waals surface area contributed by atoms with Gasteiger partial charge in [0.05, 0.1) is 0 Å². The number of unbranched alkanes of at least 4 members (excludes halogenated alkanes) is 7. The molecule has 1 nitrogen and oxygen atoms in total. The van der Waals surface area contributed by atoms with Crippen molar-refractivity contribution in [3.05, 3.63) is 0 Å². The molecule has 1 atom stereocenters. The molecule has 0 amide bonds. The van der Waals surface area contributed by atoms with Crippen LogP contribution in [0.1, 0.15) is 92.4 Å². The zero-order chi connectivity index (χ0) is 14.6. The molecule has 1 unspecified atom stereocenters. The highest BCUT2D eigenvalue weighted by Gasteiger charge is 2.23. The second kappa shape index (κ2) is 11.8. The van der Waals surface area contributed by atoms with Gasteiger partial charge in [0.2, 0.25) is 0 Å². The number of hydrogen-bond donors (Lipinski definition) is 1. The van der Waals surface area contributed by atoms with E-state index in [0.717, 1.165) is 12.5 Å². The molecule has 0 spiro atoms. The maximum atomic E-state index is 3.53. The topological polar surface area (TPSA) is 12.0 Å². The van der Waals surface area contributed by atoms with E-state index < -0.39 is 0 Å². The fourth-order valence-corrected chi connectivity index (χ4v) is 2.68. The Bertz CT molecular complexity index is 181. The Labute approximate surface area is 122 Å². The summed E-state index contributed by atoms with van der Waals surface area (Å²) in [5.74, 6) is 0.826. The molecule has 19 heavy (non-hydrogen) atoms. The first-order chi connectivity index (χ1) is 9.02. The van der Waals surface area contributed by atoms with E-state index in [1.807, 2.05) is 0 Å². The van der Waals surface area contributed by atoms with Crippen molar-refractivity contribution in [3.63, 3.8) is 0 Å². The van der Waals surface area contributed by atoms with E-state index in [0.29, 0.717) is 5.41 Å². The molecule has 0 aromatic carbocycles. The highest BCUT2D eigenvalue weighted by atomic mass is 14.8. The van der Waals surface area contributed by atoms with Crippen LogP contribution >= 0.6 is 0 Å². The van der Waals surface area contributed by atoms with E-state index in [-0.39, 0.29) is 0 Å². The van der Waals surface area contributed by atoms with Crippen LogP contribution in [0.4, 0.5) is 0 Å². The largest absolute Gasteiger partial charge is 0.317 e. The zero-order valence-corrected chi connectivity index (χ0v) is 14.4. The molecule has 116 valence electrons. The summed E-state index contributed by atoms with van der Waals surface area (Å²) in [6, 6.07) is 0. The third-order valence-corrected chi connectivity index (χ3v) is 4.27. The van der Waals surface area contributed by atoms with Crippen LogP contribution in [0.5, 0.6) is 0 Å². The highest BCUT2D eigenvalue weighted by Crippen LogP contribution is 2.30. The molecule has 0 aliphatic carbocycles. The van der Waals surface area contributed by atoms with Gasteiger partial charge in [0.15, 0.2) is 0 Å². The number of hydrogen-bond acceptors (Lipinski definition) is 1. The average molecular weight is 270 g/mol. The van der Waals surface area contributed by atoms with Gasteiger partial charge in [0, 0.05) is 0 Å². The minimum absolute atomic E-state index is 0.448. The Hall–Kier alpha value is -0.0400. The molecule has 0 aromatic rings. The van der Waals surface area contributed by atoms with E-state index in [9.17, 15) is 0 Å². The van der Waals surface area contributed by atoms with Gasteiger partial charge in [-0.2, -0.15) is 0 Å². The van der Waals surface area contributed by atoms with Crippen LogP contribution in [0.15, 0.2) is 0 Å². The van der Waals surface area contributed by atoms with E-state index in [1.54, 1.807) is 0 Å². The van der Waals surface area contributed by atoms with Crippen LogP contribution in [0, 0.1) is 11.3 Å². The van der Waals surface area contributed by atoms with Gasteiger partial charge in [-0.15, -0.1) is 0 Å². The van der Waals surface area contributed by atoms with Gasteiger partial charge >= 0.3 is 0 Å². The van der Waals surface area contributed by atoms with Crippen LogP contribution in [0.2, 0.25) is 0 Å². The molecule has 0 bridgehead atoms.